The zero-order valence-electron chi connectivity index (χ0n) is 11.7. The lowest BCUT2D eigenvalue weighted by molar-refractivity contribution is -0.141. The van der Waals surface area contributed by atoms with Crippen molar-refractivity contribution >= 4 is 11.7 Å². The monoisotopic (exact) mass is 302 g/mol. The third-order valence-electron chi connectivity index (χ3n) is 3.61. The molecule has 8 heteroatoms. The van der Waals surface area contributed by atoms with Crippen LogP contribution in [0.15, 0.2) is 17.3 Å². The van der Waals surface area contributed by atoms with E-state index in [1.54, 1.807) is 4.90 Å². The Morgan fingerprint density at radius 3 is 2.57 bits per heavy atom. The van der Waals surface area contributed by atoms with E-state index in [-0.39, 0.29) is 23.3 Å². The van der Waals surface area contributed by atoms with Crippen molar-refractivity contribution in [1.29, 1.82) is 0 Å². The van der Waals surface area contributed by atoms with Crippen molar-refractivity contribution in [3.8, 4) is 0 Å². The molecular weight excluding hydrogens is 285 g/mol. The summed E-state index contributed by atoms with van der Waals surface area (Å²) < 4.78 is 38.6. The van der Waals surface area contributed by atoms with Gasteiger partial charge in [-0.3, -0.25) is 0 Å². The molecule has 21 heavy (non-hydrogen) atoms. The van der Waals surface area contributed by atoms with Gasteiger partial charge in [0.2, 0.25) is 0 Å². The number of halogens is 3. The maximum atomic E-state index is 12.9. The summed E-state index contributed by atoms with van der Waals surface area (Å²) in [6.07, 6.45) is -3.68. The Hall–Kier alpha value is -1.99. The first kappa shape index (κ1) is 15.4. The number of aromatic nitrogens is 1. The molecule has 1 fully saturated rings. The number of alkyl halides is 3. The number of nitrogens with zero attached hydrogens (tertiary/aromatic N) is 3. The van der Waals surface area contributed by atoms with Crippen molar-refractivity contribution < 1.29 is 18.4 Å². The summed E-state index contributed by atoms with van der Waals surface area (Å²) in [6, 6.07) is 2.07. The maximum Gasteiger partial charge on any atom is 0.433 e. The summed E-state index contributed by atoms with van der Waals surface area (Å²) in [5, 5.41) is 11.7. The van der Waals surface area contributed by atoms with Gasteiger partial charge in [-0.1, -0.05) is 12.1 Å². The van der Waals surface area contributed by atoms with E-state index >= 15 is 0 Å². The minimum Gasteiger partial charge on any atom is -0.409 e. The number of nitrogens with two attached hydrogens (primary N) is 1. The lowest BCUT2D eigenvalue weighted by Gasteiger charge is -2.25. The molecule has 0 amide bonds. The first-order valence-corrected chi connectivity index (χ1v) is 6.56. The van der Waals surface area contributed by atoms with Crippen LogP contribution in [0, 0.1) is 5.92 Å². The number of hydrogen-bond acceptors (Lipinski definition) is 4. The molecule has 1 aliphatic heterocycles. The molecule has 0 aliphatic carbocycles. The second-order valence-corrected chi connectivity index (χ2v) is 5.39. The molecule has 2 unspecified atom stereocenters. The van der Waals surface area contributed by atoms with Crippen LogP contribution in [0.4, 0.5) is 19.0 Å². The van der Waals surface area contributed by atoms with Gasteiger partial charge in [0.1, 0.15) is 11.5 Å². The van der Waals surface area contributed by atoms with Crippen LogP contribution in [0.2, 0.25) is 0 Å². The van der Waals surface area contributed by atoms with Crippen molar-refractivity contribution in [2.75, 3.05) is 11.4 Å². The second kappa shape index (κ2) is 5.42. The van der Waals surface area contributed by atoms with Gasteiger partial charge < -0.3 is 15.8 Å². The first-order valence-electron chi connectivity index (χ1n) is 6.56. The summed E-state index contributed by atoms with van der Waals surface area (Å²) in [6.45, 7) is 4.52. The van der Waals surface area contributed by atoms with Gasteiger partial charge >= 0.3 is 6.18 Å². The fourth-order valence-electron chi connectivity index (χ4n) is 2.67. The fourth-order valence-corrected chi connectivity index (χ4v) is 2.67. The van der Waals surface area contributed by atoms with E-state index in [0.717, 1.165) is 12.5 Å². The smallest absolute Gasteiger partial charge is 0.409 e. The van der Waals surface area contributed by atoms with Gasteiger partial charge in [-0.05, 0) is 31.4 Å². The normalized spacial score (nSPS) is 23.7. The van der Waals surface area contributed by atoms with Crippen molar-refractivity contribution in [3.63, 3.8) is 0 Å². The predicted molar refractivity (Wildman–Crippen MR) is 72.3 cm³/mol. The van der Waals surface area contributed by atoms with E-state index in [1.165, 1.54) is 6.07 Å². The standard InChI is InChI=1S/C13H17F3N4O/c1-7-5-8(2)20(6-7)12-9(11(17)19-21)3-4-10(18-12)13(14,15)16/h3-4,7-8,21H,5-6H2,1-2H3,(H2,17,19). The van der Waals surface area contributed by atoms with Crippen LogP contribution in [-0.2, 0) is 6.18 Å². The van der Waals surface area contributed by atoms with E-state index in [4.69, 9.17) is 10.9 Å². The topological polar surface area (TPSA) is 74.7 Å². The molecule has 1 saturated heterocycles. The molecule has 1 aromatic heterocycles. The number of rotatable bonds is 2. The van der Waals surface area contributed by atoms with Crippen LogP contribution in [0.1, 0.15) is 31.5 Å². The van der Waals surface area contributed by atoms with E-state index in [2.05, 4.69) is 10.1 Å². The summed E-state index contributed by atoms with van der Waals surface area (Å²) in [5.74, 6) is 0.200. The Morgan fingerprint density at radius 1 is 1.43 bits per heavy atom. The van der Waals surface area contributed by atoms with Crippen molar-refractivity contribution in [2.24, 2.45) is 16.8 Å². The number of hydrogen-bond donors (Lipinski definition) is 2. The molecule has 1 aliphatic rings. The first-order chi connectivity index (χ1) is 9.74. The number of amidine groups is 1. The second-order valence-electron chi connectivity index (χ2n) is 5.39. The van der Waals surface area contributed by atoms with Gasteiger partial charge in [-0.15, -0.1) is 0 Å². The highest BCUT2D eigenvalue weighted by molar-refractivity contribution is 6.01. The highest BCUT2D eigenvalue weighted by atomic mass is 19.4. The minimum atomic E-state index is -4.53. The summed E-state index contributed by atoms with van der Waals surface area (Å²) >= 11 is 0. The number of anilines is 1. The summed E-state index contributed by atoms with van der Waals surface area (Å²) in [7, 11) is 0. The van der Waals surface area contributed by atoms with Crippen LogP contribution in [0.3, 0.4) is 0 Å². The quantitative estimate of drug-likeness (QED) is 0.381. The lowest BCUT2D eigenvalue weighted by Crippen LogP contribution is -2.31. The van der Waals surface area contributed by atoms with Gasteiger partial charge in [-0.25, -0.2) is 4.98 Å². The lowest BCUT2D eigenvalue weighted by atomic mass is 10.1. The molecule has 5 nitrogen and oxygen atoms in total. The van der Waals surface area contributed by atoms with Crippen LogP contribution in [0.5, 0.6) is 0 Å². The third kappa shape index (κ3) is 3.03. The van der Waals surface area contributed by atoms with Gasteiger partial charge in [0, 0.05) is 12.6 Å². The summed E-state index contributed by atoms with van der Waals surface area (Å²) in [4.78, 5) is 5.48. The predicted octanol–water partition coefficient (Wildman–Crippen LogP) is 2.43. The average molecular weight is 302 g/mol. The summed E-state index contributed by atoms with van der Waals surface area (Å²) in [5.41, 5.74) is 4.77. The Kier molecular flexibility index (Phi) is 3.97. The van der Waals surface area contributed by atoms with Gasteiger partial charge in [0.25, 0.3) is 0 Å². The van der Waals surface area contributed by atoms with Gasteiger partial charge in [-0.2, -0.15) is 13.2 Å². The van der Waals surface area contributed by atoms with Crippen molar-refractivity contribution in [2.45, 2.75) is 32.5 Å². The Morgan fingerprint density at radius 2 is 2.10 bits per heavy atom. The molecule has 0 aromatic carbocycles. The molecule has 0 bridgehead atoms. The van der Waals surface area contributed by atoms with Crippen molar-refractivity contribution in [3.05, 3.63) is 23.4 Å². The molecule has 2 rings (SSSR count). The molecular formula is C13H17F3N4O. The zero-order chi connectivity index (χ0) is 15.8. The van der Waals surface area contributed by atoms with Crippen LogP contribution < -0.4 is 10.6 Å². The van der Waals surface area contributed by atoms with Crippen LogP contribution in [-0.4, -0.2) is 28.6 Å². The maximum absolute atomic E-state index is 12.9. The van der Waals surface area contributed by atoms with E-state index in [1.807, 2.05) is 13.8 Å². The van der Waals surface area contributed by atoms with E-state index in [9.17, 15) is 13.2 Å². The van der Waals surface area contributed by atoms with Crippen LogP contribution >= 0.6 is 0 Å². The molecule has 2 heterocycles. The molecule has 0 spiro atoms. The third-order valence-corrected chi connectivity index (χ3v) is 3.61. The SMILES string of the molecule is CC1CC(C)N(c2nc(C(F)(F)F)ccc2/C(N)=N/O)C1. The molecule has 1 aromatic rings. The average Bonchev–Trinajstić information content (AvgIpc) is 2.75. The van der Waals surface area contributed by atoms with Gasteiger partial charge in [0.05, 0.1) is 5.56 Å². The molecule has 116 valence electrons. The van der Waals surface area contributed by atoms with E-state index in [0.29, 0.717) is 12.5 Å². The van der Waals surface area contributed by atoms with E-state index < -0.39 is 11.9 Å². The molecule has 3 N–H and O–H groups in total. The zero-order valence-corrected chi connectivity index (χ0v) is 11.7. The molecule has 0 saturated carbocycles. The van der Waals surface area contributed by atoms with Crippen molar-refractivity contribution in [1.82, 2.24) is 4.98 Å². The van der Waals surface area contributed by atoms with Crippen LogP contribution in [0.25, 0.3) is 0 Å². The molecule has 0 radical (unpaired) electrons. The highest BCUT2D eigenvalue weighted by Gasteiger charge is 2.36. The fraction of sp³-hybridized carbons (Fsp3) is 0.538. The minimum absolute atomic E-state index is 0.0428. The Bertz CT molecular complexity index is 559. The number of pyridine rings is 1. The Balaban J connectivity index is 2.54. The highest BCUT2D eigenvalue weighted by Crippen LogP contribution is 2.34. The Labute approximate surface area is 120 Å². The van der Waals surface area contributed by atoms with Gasteiger partial charge in [0.15, 0.2) is 5.84 Å². The number of oxime groups is 1. The molecule has 2 atom stereocenters. The largest absolute Gasteiger partial charge is 0.433 e.